The highest BCUT2D eigenvalue weighted by atomic mass is 19.1. The number of nitrogens with zero attached hydrogens (tertiary/aromatic N) is 2. The molecule has 1 unspecified atom stereocenters. The molecule has 0 spiro atoms. The normalized spacial score (nSPS) is 24.3. The lowest BCUT2D eigenvalue weighted by atomic mass is 10.00. The number of aromatic amines is 1. The largest absolute Gasteiger partial charge is 0.247 e. The van der Waals surface area contributed by atoms with E-state index in [-0.39, 0.29) is 0 Å². The minimum atomic E-state index is -0.711. The summed E-state index contributed by atoms with van der Waals surface area (Å²) in [5, 5.41) is 10.2. The second-order valence-corrected chi connectivity index (χ2v) is 2.56. The highest BCUT2D eigenvalue weighted by molar-refractivity contribution is 5.13. The molecule has 10 heavy (non-hydrogen) atoms. The molecule has 0 bridgehead atoms. The van der Waals surface area contributed by atoms with E-state index >= 15 is 0 Å². The van der Waals surface area contributed by atoms with Gasteiger partial charge in [0.1, 0.15) is 6.17 Å². The number of rotatable bonds is 0. The van der Waals surface area contributed by atoms with Crippen LogP contribution in [-0.2, 0) is 12.8 Å². The zero-order valence-electron chi connectivity index (χ0n) is 5.47. The molecule has 0 saturated heterocycles. The maximum Gasteiger partial charge on any atom is 0.106 e. The van der Waals surface area contributed by atoms with Crippen LogP contribution in [0.1, 0.15) is 17.8 Å². The third kappa shape index (κ3) is 0.798. The minimum Gasteiger partial charge on any atom is -0.247 e. The number of H-pyrrole nitrogens is 1. The van der Waals surface area contributed by atoms with Crippen molar-refractivity contribution in [2.24, 2.45) is 0 Å². The van der Waals surface area contributed by atoms with Crippen LogP contribution >= 0.6 is 0 Å². The van der Waals surface area contributed by atoms with Gasteiger partial charge >= 0.3 is 0 Å². The molecule has 1 aliphatic rings. The van der Waals surface area contributed by atoms with Gasteiger partial charge in [-0.15, -0.1) is 0 Å². The SMILES string of the molecule is FC1CCc2n[nH]nc2C1. The van der Waals surface area contributed by atoms with E-state index < -0.39 is 6.17 Å². The van der Waals surface area contributed by atoms with Gasteiger partial charge in [0.05, 0.1) is 11.4 Å². The molecule has 0 radical (unpaired) electrons. The zero-order chi connectivity index (χ0) is 6.97. The van der Waals surface area contributed by atoms with Gasteiger partial charge in [-0.05, 0) is 12.8 Å². The average molecular weight is 141 g/mol. The fourth-order valence-corrected chi connectivity index (χ4v) is 1.24. The molecule has 1 atom stereocenters. The Morgan fingerprint density at radius 2 is 2.20 bits per heavy atom. The topological polar surface area (TPSA) is 41.6 Å². The number of hydrogen-bond acceptors (Lipinski definition) is 2. The van der Waals surface area contributed by atoms with Crippen LogP contribution < -0.4 is 0 Å². The van der Waals surface area contributed by atoms with Crippen LogP contribution in [0.25, 0.3) is 0 Å². The van der Waals surface area contributed by atoms with E-state index in [4.69, 9.17) is 0 Å². The summed E-state index contributed by atoms with van der Waals surface area (Å²) in [5.74, 6) is 0. The first-order chi connectivity index (χ1) is 4.86. The van der Waals surface area contributed by atoms with E-state index in [0.717, 1.165) is 17.8 Å². The molecule has 2 rings (SSSR count). The standard InChI is InChI=1S/C6H8FN3/c7-4-1-2-5-6(3-4)9-10-8-5/h4H,1-3H2,(H,8,9,10). The number of fused-ring (bicyclic) bond motifs is 1. The van der Waals surface area contributed by atoms with E-state index in [0.29, 0.717) is 12.8 Å². The Hall–Kier alpha value is -0.930. The summed E-state index contributed by atoms with van der Waals surface area (Å²) in [7, 11) is 0. The molecule has 0 saturated carbocycles. The van der Waals surface area contributed by atoms with E-state index in [9.17, 15) is 4.39 Å². The molecule has 0 aliphatic heterocycles. The Kier molecular flexibility index (Phi) is 1.19. The number of halogens is 1. The number of aromatic nitrogens is 3. The summed E-state index contributed by atoms with van der Waals surface area (Å²) in [6.45, 7) is 0. The van der Waals surface area contributed by atoms with Crippen LogP contribution in [0.3, 0.4) is 0 Å². The summed E-state index contributed by atoms with van der Waals surface area (Å²) in [6.07, 6.45) is 1.05. The minimum absolute atomic E-state index is 0.436. The van der Waals surface area contributed by atoms with Gasteiger partial charge in [-0.3, -0.25) is 0 Å². The van der Waals surface area contributed by atoms with Crippen molar-refractivity contribution in [1.82, 2.24) is 15.4 Å². The van der Waals surface area contributed by atoms with Crippen LogP contribution in [0.2, 0.25) is 0 Å². The molecule has 1 heterocycles. The Labute approximate surface area is 57.6 Å². The maximum absolute atomic E-state index is 12.7. The van der Waals surface area contributed by atoms with E-state index in [1.165, 1.54) is 0 Å². The third-order valence-electron chi connectivity index (χ3n) is 1.81. The lowest BCUT2D eigenvalue weighted by Crippen LogP contribution is -2.14. The van der Waals surface area contributed by atoms with Crippen molar-refractivity contribution >= 4 is 0 Å². The predicted molar refractivity (Wildman–Crippen MR) is 33.3 cm³/mol. The molecule has 4 heteroatoms. The summed E-state index contributed by atoms with van der Waals surface area (Å²) in [4.78, 5) is 0. The Morgan fingerprint density at radius 3 is 3.10 bits per heavy atom. The van der Waals surface area contributed by atoms with Crippen LogP contribution in [0, 0.1) is 0 Å². The number of nitrogens with one attached hydrogen (secondary N) is 1. The molecule has 0 fully saturated rings. The average Bonchev–Trinajstić information content (AvgIpc) is 2.33. The molecule has 1 aromatic heterocycles. The first kappa shape index (κ1) is 5.82. The fraction of sp³-hybridized carbons (Fsp3) is 0.667. The van der Waals surface area contributed by atoms with Crippen LogP contribution in [0.5, 0.6) is 0 Å². The molecule has 1 aromatic rings. The lowest BCUT2D eigenvalue weighted by molar-refractivity contribution is 0.298. The lowest BCUT2D eigenvalue weighted by Gasteiger charge is -2.11. The van der Waals surface area contributed by atoms with Crippen LogP contribution in [-0.4, -0.2) is 21.6 Å². The van der Waals surface area contributed by atoms with Crippen molar-refractivity contribution in [3.8, 4) is 0 Å². The van der Waals surface area contributed by atoms with Crippen molar-refractivity contribution in [3.05, 3.63) is 11.4 Å². The first-order valence-corrected chi connectivity index (χ1v) is 3.39. The molecule has 0 amide bonds. The molecule has 54 valence electrons. The van der Waals surface area contributed by atoms with Crippen molar-refractivity contribution in [2.75, 3.05) is 0 Å². The molecular weight excluding hydrogens is 133 g/mol. The van der Waals surface area contributed by atoms with Gasteiger partial charge in [0.25, 0.3) is 0 Å². The van der Waals surface area contributed by atoms with E-state index in [1.807, 2.05) is 0 Å². The predicted octanol–water partition coefficient (Wildman–Crippen LogP) is 0.631. The maximum atomic E-state index is 12.7. The fourth-order valence-electron chi connectivity index (χ4n) is 1.24. The molecule has 1 N–H and O–H groups in total. The third-order valence-corrected chi connectivity index (χ3v) is 1.81. The molecule has 3 nitrogen and oxygen atoms in total. The van der Waals surface area contributed by atoms with Crippen molar-refractivity contribution < 1.29 is 4.39 Å². The van der Waals surface area contributed by atoms with Gasteiger partial charge < -0.3 is 0 Å². The van der Waals surface area contributed by atoms with Gasteiger partial charge in [-0.2, -0.15) is 15.4 Å². The number of hydrogen-bond donors (Lipinski definition) is 1. The molecule has 1 aliphatic carbocycles. The molecular formula is C6H8FN3. The van der Waals surface area contributed by atoms with Gasteiger partial charge in [-0.1, -0.05) is 0 Å². The smallest absolute Gasteiger partial charge is 0.106 e. The Morgan fingerprint density at radius 1 is 1.40 bits per heavy atom. The summed E-state index contributed by atoms with van der Waals surface area (Å²) in [5.41, 5.74) is 1.74. The van der Waals surface area contributed by atoms with Gasteiger partial charge in [0, 0.05) is 6.42 Å². The van der Waals surface area contributed by atoms with Gasteiger partial charge in [0.15, 0.2) is 0 Å². The van der Waals surface area contributed by atoms with Crippen molar-refractivity contribution in [3.63, 3.8) is 0 Å². The molecule has 0 aromatic carbocycles. The van der Waals surface area contributed by atoms with E-state index in [2.05, 4.69) is 15.4 Å². The van der Waals surface area contributed by atoms with Crippen LogP contribution in [0.15, 0.2) is 0 Å². The monoisotopic (exact) mass is 141 g/mol. The zero-order valence-corrected chi connectivity index (χ0v) is 5.47. The first-order valence-electron chi connectivity index (χ1n) is 3.39. The summed E-state index contributed by atoms with van der Waals surface area (Å²) < 4.78 is 12.7. The number of alkyl halides is 1. The van der Waals surface area contributed by atoms with Gasteiger partial charge in [0.2, 0.25) is 0 Å². The summed E-state index contributed by atoms with van der Waals surface area (Å²) in [6, 6.07) is 0. The van der Waals surface area contributed by atoms with Crippen molar-refractivity contribution in [1.29, 1.82) is 0 Å². The highest BCUT2D eigenvalue weighted by Crippen LogP contribution is 2.18. The number of aryl methyl sites for hydroxylation is 1. The van der Waals surface area contributed by atoms with Crippen LogP contribution in [0.4, 0.5) is 4.39 Å². The quantitative estimate of drug-likeness (QED) is 0.575. The van der Waals surface area contributed by atoms with Crippen molar-refractivity contribution in [2.45, 2.75) is 25.4 Å². The van der Waals surface area contributed by atoms with E-state index in [1.54, 1.807) is 0 Å². The highest BCUT2D eigenvalue weighted by Gasteiger charge is 2.20. The summed E-state index contributed by atoms with van der Waals surface area (Å²) >= 11 is 0. The Bertz CT molecular complexity index is 233. The second-order valence-electron chi connectivity index (χ2n) is 2.56. The van der Waals surface area contributed by atoms with Gasteiger partial charge in [-0.25, -0.2) is 4.39 Å². The second kappa shape index (κ2) is 2.04. The Balaban J connectivity index is 2.30.